The highest BCUT2D eigenvalue weighted by molar-refractivity contribution is 7.08. The Kier molecular flexibility index (Phi) is 2.65. The maximum absolute atomic E-state index is 5.71. The van der Waals surface area contributed by atoms with Crippen molar-refractivity contribution in [3.63, 3.8) is 0 Å². The molecule has 0 aliphatic rings. The van der Waals surface area contributed by atoms with Crippen LogP contribution in [-0.4, -0.2) is 12.4 Å². The molecule has 1 rings (SSSR count). The van der Waals surface area contributed by atoms with E-state index in [1.165, 1.54) is 5.56 Å². The molecule has 0 spiro atoms. The van der Waals surface area contributed by atoms with E-state index in [-0.39, 0.29) is 0 Å². The summed E-state index contributed by atoms with van der Waals surface area (Å²) in [5, 5.41) is 4.11. The molecule has 2 N–H and O–H groups in total. The van der Waals surface area contributed by atoms with Crippen molar-refractivity contribution in [2.75, 3.05) is 6.54 Å². The summed E-state index contributed by atoms with van der Waals surface area (Å²) >= 11 is 1.66. The number of amidine groups is 1. The molecule has 2 nitrogen and oxygen atoms in total. The van der Waals surface area contributed by atoms with Crippen molar-refractivity contribution in [1.82, 2.24) is 0 Å². The van der Waals surface area contributed by atoms with Crippen molar-refractivity contribution in [2.45, 2.75) is 13.8 Å². The lowest BCUT2D eigenvalue weighted by Crippen LogP contribution is -2.13. The maximum Gasteiger partial charge on any atom is 0.126 e. The van der Waals surface area contributed by atoms with Crippen LogP contribution in [0.15, 0.2) is 15.8 Å². The normalized spacial score (nSPS) is 12.0. The van der Waals surface area contributed by atoms with Crippen LogP contribution in [0.4, 0.5) is 0 Å². The number of rotatable bonds is 2. The Morgan fingerprint density at radius 1 is 1.64 bits per heavy atom. The molecule has 0 amide bonds. The molecule has 0 unspecified atom stereocenters. The number of hydrogen-bond donors (Lipinski definition) is 1. The van der Waals surface area contributed by atoms with Gasteiger partial charge in [0.1, 0.15) is 5.84 Å². The van der Waals surface area contributed by atoms with Crippen molar-refractivity contribution in [1.29, 1.82) is 0 Å². The predicted molar refractivity (Wildman–Crippen MR) is 50.3 cm³/mol. The Labute approximate surface area is 70.8 Å². The van der Waals surface area contributed by atoms with E-state index < -0.39 is 0 Å². The highest BCUT2D eigenvalue weighted by Crippen LogP contribution is 2.12. The van der Waals surface area contributed by atoms with E-state index in [9.17, 15) is 0 Å². The fourth-order valence-electron chi connectivity index (χ4n) is 0.878. The molecular weight excluding hydrogens is 156 g/mol. The van der Waals surface area contributed by atoms with E-state index in [1.54, 1.807) is 11.3 Å². The van der Waals surface area contributed by atoms with Crippen molar-refractivity contribution in [2.24, 2.45) is 10.7 Å². The third-order valence-electron chi connectivity index (χ3n) is 1.46. The summed E-state index contributed by atoms with van der Waals surface area (Å²) in [5.74, 6) is 0.659. The van der Waals surface area contributed by atoms with Gasteiger partial charge in [0.05, 0.1) is 0 Å². The van der Waals surface area contributed by atoms with Gasteiger partial charge in [-0.1, -0.05) is 0 Å². The van der Waals surface area contributed by atoms with Crippen molar-refractivity contribution >= 4 is 17.2 Å². The van der Waals surface area contributed by atoms with E-state index >= 15 is 0 Å². The average molecular weight is 168 g/mol. The minimum Gasteiger partial charge on any atom is -0.383 e. The molecule has 1 heterocycles. The molecule has 0 aliphatic heterocycles. The molecule has 1 aromatic heterocycles. The molecule has 60 valence electrons. The Hall–Kier alpha value is -0.830. The van der Waals surface area contributed by atoms with Crippen LogP contribution in [0.25, 0.3) is 0 Å². The first-order valence-corrected chi connectivity index (χ1v) is 4.53. The van der Waals surface area contributed by atoms with Gasteiger partial charge < -0.3 is 5.73 Å². The summed E-state index contributed by atoms with van der Waals surface area (Å²) in [6, 6.07) is 0. The van der Waals surface area contributed by atoms with Crippen LogP contribution in [-0.2, 0) is 0 Å². The molecule has 0 fully saturated rings. The molecule has 0 bridgehead atoms. The van der Waals surface area contributed by atoms with E-state index in [2.05, 4.69) is 10.4 Å². The summed E-state index contributed by atoms with van der Waals surface area (Å²) in [4.78, 5) is 4.13. The largest absolute Gasteiger partial charge is 0.383 e. The van der Waals surface area contributed by atoms with Crippen LogP contribution in [0.1, 0.15) is 18.1 Å². The second-order valence-corrected chi connectivity index (χ2v) is 3.07. The zero-order chi connectivity index (χ0) is 8.27. The van der Waals surface area contributed by atoms with Gasteiger partial charge in [0.15, 0.2) is 0 Å². The lowest BCUT2D eigenvalue weighted by atomic mass is 10.2. The first-order chi connectivity index (χ1) is 5.25. The minimum absolute atomic E-state index is 0.659. The number of nitrogens with two attached hydrogens (primary N) is 1. The first kappa shape index (κ1) is 8.27. The Morgan fingerprint density at radius 2 is 2.36 bits per heavy atom. The molecule has 0 atom stereocenters. The number of aryl methyl sites for hydroxylation is 1. The van der Waals surface area contributed by atoms with Crippen LogP contribution in [0, 0.1) is 6.92 Å². The smallest absolute Gasteiger partial charge is 0.126 e. The van der Waals surface area contributed by atoms with Crippen molar-refractivity contribution < 1.29 is 0 Å². The van der Waals surface area contributed by atoms with Crippen LogP contribution >= 0.6 is 11.3 Å². The number of hydrogen-bond acceptors (Lipinski definition) is 2. The lowest BCUT2D eigenvalue weighted by molar-refractivity contribution is 1.12. The van der Waals surface area contributed by atoms with Crippen molar-refractivity contribution in [3.8, 4) is 0 Å². The number of nitrogens with zero attached hydrogens (tertiary/aromatic N) is 1. The van der Waals surface area contributed by atoms with Crippen LogP contribution in [0.3, 0.4) is 0 Å². The summed E-state index contributed by atoms with van der Waals surface area (Å²) in [6.07, 6.45) is 0. The van der Waals surface area contributed by atoms with Gasteiger partial charge in [0.25, 0.3) is 0 Å². The predicted octanol–water partition coefficient (Wildman–Crippen LogP) is 1.78. The second-order valence-electron chi connectivity index (χ2n) is 2.33. The first-order valence-electron chi connectivity index (χ1n) is 3.58. The fourth-order valence-corrected chi connectivity index (χ4v) is 1.72. The van der Waals surface area contributed by atoms with Gasteiger partial charge in [-0.25, -0.2) is 0 Å². The minimum atomic E-state index is 0.659. The quantitative estimate of drug-likeness (QED) is 0.530. The highest BCUT2D eigenvalue weighted by atomic mass is 32.1. The monoisotopic (exact) mass is 168 g/mol. The van der Waals surface area contributed by atoms with E-state index in [1.807, 2.05) is 19.2 Å². The molecule has 3 heteroatoms. The van der Waals surface area contributed by atoms with Gasteiger partial charge in [-0.15, -0.1) is 0 Å². The molecule has 0 aliphatic carbocycles. The van der Waals surface area contributed by atoms with Gasteiger partial charge in [-0.2, -0.15) is 11.3 Å². The zero-order valence-corrected chi connectivity index (χ0v) is 7.61. The van der Waals surface area contributed by atoms with Gasteiger partial charge >= 0.3 is 0 Å². The third kappa shape index (κ3) is 1.80. The summed E-state index contributed by atoms with van der Waals surface area (Å²) in [7, 11) is 0. The van der Waals surface area contributed by atoms with Gasteiger partial charge in [-0.3, -0.25) is 4.99 Å². The fraction of sp³-hybridized carbons (Fsp3) is 0.375. The van der Waals surface area contributed by atoms with Gasteiger partial charge in [0, 0.05) is 17.5 Å². The molecule has 0 radical (unpaired) electrons. The third-order valence-corrected chi connectivity index (χ3v) is 2.32. The van der Waals surface area contributed by atoms with E-state index in [0.29, 0.717) is 5.84 Å². The van der Waals surface area contributed by atoms with Gasteiger partial charge in [0.2, 0.25) is 0 Å². The lowest BCUT2D eigenvalue weighted by Gasteiger charge is -1.96. The molecule has 0 saturated heterocycles. The summed E-state index contributed by atoms with van der Waals surface area (Å²) in [6.45, 7) is 4.78. The Balaban J connectivity index is 2.92. The molecule has 0 saturated carbocycles. The Bertz CT molecular complexity index is 263. The van der Waals surface area contributed by atoms with Crippen LogP contribution in [0.2, 0.25) is 0 Å². The topological polar surface area (TPSA) is 38.4 Å². The average Bonchev–Trinajstić information content (AvgIpc) is 2.36. The molecule has 0 aromatic carbocycles. The standard InChI is InChI=1S/C8H12N2S/c1-3-10-8(9)7-5-11-4-6(7)2/h4-5H,3H2,1-2H3,(H2,9,10). The number of aliphatic imine (C=N–C) groups is 1. The number of thiophene rings is 1. The SMILES string of the molecule is CCN=C(N)c1cscc1C. The molecule has 11 heavy (non-hydrogen) atoms. The zero-order valence-electron chi connectivity index (χ0n) is 6.79. The Morgan fingerprint density at radius 3 is 2.82 bits per heavy atom. The van der Waals surface area contributed by atoms with Crippen LogP contribution in [0.5, 0.6) is 0 Å². The summed E-state index contributed by atoms with van der Waals surface area (Å²) < 4.78 is 0. The van der Waals surface area contributed by atoms with E-state index in [0.717, 1.165) is 12.1 Å². The van der Waals surface area contributed by atoms with Crippen LogP contribution < -0.4 is 5.73 Å². The molecule has 1 aromatic rings. The van der Waals surface area contributed by atoms with Gasteiger partial charge in [-0.05, 0) is 24.8 Å². The van der Waals surface area contributed by atoms with Crippen molar-refractivity contribution in [3.05, 3.63) is 21.9 Å². The molecular formula is C8H12N2S. The summed E-state index contributed by atoms with van der Waals surface area (Å²) in [5.41, 5.74) is 8.00. The highest BCUT2D eigenvalue weighted by Gasteiger charge is 2.01. The maximum atomic E-state index is 5.71. The second kappa shape index (κ2) is 3.53. The van der Waals surface area contributed by atoms with E-state index in [4.69, 9.17) is 5.73 Å².